The number of anilines is 1. The molecule has 0 aliphatic carbocycles. The fraction of sp³-hybridized carbons (Fsp3) is 0.0476. The summed E-state index contributed by atoms with van der Waals surface area (Å²) in [5, 5.41) is 7.03. The Balaban J connectivity index is 1.80. The fourth-order valence-electron chi connectivity index (χ4n) is 2.93. The van der Waals surface area contributed by atoms with Gasteiger partial charge in [0.05, 0.1) is 17.6 Å². The molecule has 1 amide bonds. The summed E-state index contributed by atoms with van der Waals surface area (Å²) in [5.74, 6) is -0.332. The van der Waals surface area contributed by atoms with Crippen molar-refractivity contribution in [3.05, 3.63) is 96.2 Å². The number of carbonyl (C=O) groups excluding carboxylic acids is 1. The van der Waals surface area contributed by atoms with Gasteiger partial charge in [0.15, 0.2) is 5.82 Å². The quantitative estimate of drug-likeness (QED) is 0.588. The standard InChI is InChI=1S/C21H17FN4O/c1-15-7-6-8-16(13-15)26-21(25-11-4-5-12-25)17(14-23-26)20(27)24-19-10-3-2-9-18(19)22/h2-14H,1H3,(H,24,27). The summed E-state index contributed by atoms with van der Waals surface area (Å²) >= 11 is 0. The van der Waals surface area contributed by atoms with Gasteiger partial charge in [0.2, 0.25) is 0 Å². The molecular formula is C21H17FN4O. The number of nitrogens with zero attached hydrogens (tertiary/aromatic N) is 3. The van der Waals surface area contributed by atoms with E-state index in [-0.39, 0.29) is 5.69 Å². The molecule has 2 heterocycles. The van der Waals surface area contributed by atoms with E-state index in [2.05, 4.69) is 10.4 Å². The Kier molecular flexibility index (Phi) is 4.30. The second-order valence-electron chi connectivity index (χ2n) is 6.16. The third-order valence-corrected chi connectivity index (χ3v) is 4.21. The van der Waals surface area contributed by atoms with Gasteiger partial charge in [0, 0.05) is 12.4 Å². The average Bonchev–Trinajstić information content (AvgIpc) is 3.32. The van der Waals surface area contributed by atoms with Crippen LogP contribution in [0.5, 0.6) is 0 Å². The number of aromatic nitrogens is 3. The summed E-state index contributed by atoms with van der Waals surface area (Å²) in [7, 11) is 0. The van der Waals surface area contributed by atoms with Gasteiger partial charge in [-0.3, -0.25) is 4.79 Å². The van der Waals surface area contributed by atoms with Crippen LogP contribution in [0.25, 0.3) is 11.5 Å². The number of aryl methyl sites for hydroxylation is 1. The van der Waals surface area contributed by atoms with Crippen LogP contribution in [0.2, 0.25) is 0 Å². The zero-order valence-corrected chi connectivity index (χ0v) is 14.6. The van der Waals surface area contributed by atoms with Crippen LogP contribution < -0.4 is 5.32 Å². The van der Waals surface area contributed by atoms with Crippen molar-refractivity contribution in [1.29, 1.82) is 0 Å². The van der Waals surface area contributed by atoms with Crippen LogP contribution in [0.3, 0.4) is 0 Å². The average molecular weight is 360 g/mol. The van der Waals surface area contributed by atoms with Crippen molar-refractivity contribution in [1.82, 2.24) is 14.3 Å². The lowest BCUT2D eigenvalue weighted by atomic mass is 10.2. The second kappa shape index (κ2) is 6.92. The minimum atomic E-state index is -0.487. The van der Waals surface area contributed by atoms with Gasteiger partial charge in [-0.05, 0) is 48.9 Å². The van der Waals surface area contributed by atoms with Gasteiger partial charge in [-0.25, -0.2) is 9.07 Å². The highest BCUT2D eigenvalue weighted by atomic mass is 19.1. The van der Waals surface area contributed by atoms with E-state index in [1.165, 1.54) is 18.3 Å². The molecule has 6 heteroatoms. The number of halogens is 1. The Morgan fingerprint density at radius 1 is 1.04 bits per heavy atom. The number of nitrogens with one attached hydrogen (secondary N) is 1. The Bertz CT molecular complexity index is 1100. The smallest absolute Gasteiger partial charge is 0.261 e. The minimum Gasteiger partial charge on any atom is -0.319 e. The van der Waals surface area contributed by atoms with E-state index < -0.39 is 11.7 Å². The molecule has 5 nitrogen and oxygen atoms in total. The number of carbonyl (C=O) groups is 1. The summed E-state index contributed by atoms with van der Waals surface area (Å²) in [6.45, 7) is 1.99. The number of hydrogen-bond acceptors (Lipinski definition) is 2. The summed E-state index contributed by atoms with van der Waals surface area (Å²) in [6.07, 6.45) is 5.17. The molecule has 0 bridgehead atoms. The van der Waals surface area contributed by atoms with Crippen molar-refractivity contribution in [3.63, 3.8) is 0 Å². The van der Waals surface area contributed by atoms with Crippen molar-refractivity contribution >= 4 is 11.6 Å². The molecule has 4 aromatic rings. The van der Waals surface area contributed by atoms with Crippen LogP contribution in [0.15, 0.2) is 79.3 Å². The molecule has 27 heavy (non-hydrogen) atoms. The van der Waals surface area contributed by atoms with Crippen molar-refractivity contribution < 1.29 is 9.18 Å². The molecule has 0 atom stereocenters. The van der Waals surface area contributed by atoms with E-state index in [1.807, 2.05) is 60.3 Å². The normalized spacial score (nSPS) is 10.7. The van der Waals surface area contributed by atoms with Crippen molar-refractivity contribution in [2.45, 2.75) is 6.92 Å². The van der Waals surface area contributed by atoms with Gasteiger partial charge in [-0.15, -0.1) is 0 Å². The van der Waals surface area contributed by atoms with Gasteiger partial charge in [-0.2, -0.15) is 5.10 Å². The minimum absolute atomic E-state index is 0.129. The SMILES string of the molecule is Cc1cccc(-n2ncc(C(=O)Nc3ccccc3F)c2-n2cccc2)c1. The lowest BCUT2D eigenvalue weighted by Crippen LogP contribution is -2.16. The first kappa shape index (κ1) is 16.8. The van der Waals surface area contributed by atoms with Gasteiger partial charge in [0.25, 0.3) is 5.91 Å². The zero-order valence-electron chi connectivity index (χ0n) is 14.6. The van der Waals surface area contributed by atoms with Gasteiger partial charge < -0.3 is 9.88 Å². The molecule has 0 aliphatic rings. The fourth-order valence-corrected chi connectivity index (χ4v) is 2.93. The maximum Gasteiger partial charge on any atom is 0.261 e. The Morgan fingerprint density at radius 2 is 1.81 bits per heavy atom. The van der Waals surface area contributed by atoms with E-state index in [4.69, 9.17) is 0 Å². The van der Waals surface area contributed by atoms with Gasteiger partial charge in [0.1, 0.15) is 11.4 Å². The summed E-state index contributed by atoms with van der Waals surface area (Å²) in [4.78, 5) is 12.8. The Hall–Kier alpha value is -3.67. The Labute approximate surface area is 155 Å². The van der Waals surface area contributed by atoms with Crippen LogP contribution in [0.1, 0.15) is 15.9 Å². The summed E-state index contributed by atoms with van der Waals surface area (Å²) in [5.41, 5.74) is 2.39. The number of hydrogen-bond donors (Lipinski definition) is 1. The molecule has 0 saturated carbocycles. The molecule has 0 unspecified atom stereocenters. The van der Waals surface area contributed by atoms with Crippen LogP contribution in [-0.4, -0.2) is 20.3 Å². The topological polar surface area (TPSA) is 51.9 Å². The van der Waals surface area contributed by atoms with Crippen LogP contribution >= 0.6 is 0 Å². The first-order valence-corrected chi connectivity index (χ1v) is 8.48. The molecule has 2 aromatic carbocycles. The molecule has 1 N–H and O–H groups in total. The maximum atomic E-state index is 13.9. The van der Waals surface area contributed by atoms with Crippen LogP contribution in [0.4, 0.5) is 10.1 Å². The van der Waals surface area contributed by atoms with Crippen LogP contribution in [0, 0.1) is 12.7 Å². The van der Waals surface area contributed by atoms with Gasteiger partial charge >= 0.3 is 0 Å². The first-order valence-electron chi connectivity index (χ1n) is 8.48. The summed E-state index contributed by atoms with van der Waals surface area (Å²) < 4.78 is 17.4. The monoisotopic (exact) mass is 360 g/mol. The lowest BCUT2D eigenvalue weighted by molar-refractivity contribution is 0.102. The van der Waals surface area contributed by atoms with Crippen molar-refractivity contribution in [2.24, 2.45) is 0 Å². The Morgan fingerprint density at radius 3 is 2.56 bits per heavy atom. The third kappa shape index (κ3) is 3.25. The maximum absolute atomic E-state index is 13.9. The molecule has 0 spiro atoms. The second-order valence-corrected chi connectivity index (χ2v) is 6.16. The molecule has 0 radical (unpaired) electrons. The molecule has 4 rings (SSSR count). The van der Waals surface area contributed by atoms with E-state index in [1.54, 1.807) is 16.8 Å². The molecule has 2 aromatic heterocycles. The number of para-hydroxylation sites is 1. The van der Waals surface area contributed by atoms with Crippen molar-refractivity contribution in [2.75, 3.05) is 5.32 Å². The molecule has 0 fully saturated rings. The first-order chi connectivity index (χ1) is 13.1. The third-order valence-electron chi connectivity index (χ3n) is 4.21. The van der Waals surface area contributed by atoms with E-state index >= 15 is 0 Å². The molecular weight excluding hydrogens is 343 g/mol. The highest BCUT2D eigenvalue weighted by Gasteiger charge is 2.20. The zero-order chi connectivity index (χ0) is 18.8. The summed E-state index contributed by atoms with van der Waals surface area (Å²) in [6, 6.07) is 17.6. The van der Waals surface area contributed by atoms with E-state index in [0.29, 0.717) is 11.4 Å². The predicted octanol–water partition coefficient (Wildman–Crippen LogP) is 4.36. The van der Waals surface area contributed by atoms with E-state index in [0.717, 1.165) is 11.3 Å². The molecule has 0 aliphatic heterocycles. The highest BCUT2D eigenvalue weighted by molar-refractivity contribution is 6.06. The van der Waals surface area contributed by atoms with E-state index in [9.17, 15) is 9.18 Å². The molecule has 134 valence electrons. The molecule has 0 saturated heterocycles. The van der Waals surface area contributed by atoms with Crippen molar-refractivity contribution in [3.8, 4) is 11.5 Å². The van der Waals surface area contributed by atoms with Crippen LogP contribution in [-0.2, 0) is 0 Å². The number of rotatable bonds is 4. The predicted molar refractivity (Wildman–Crippen MR) is 102 cm³/mol. The highest BCUT2D eigenvalue weighted by Crippen LogP contribution is 2.22. The van der Waals surface area contributed by atoms with Gasteiger partial charge in [-0.1, -0.05) is 24.3 Å². The largest absolute Gasteiger partial charge is 0.319 e. The number of benzene rings is 2. The lowest BCUT2D eigenvalue weighted by Gasteiger charge is -2.12. The number of amides is 1.